The number of pyridine rings is 1. The summed E-state index contributed by atoms with van der Waals surface area (Å²) in [5, 5.41) is 5.04. The quantitative estimate of drug-likeness (QED) is 0.139. The third-order valence-electron chi connectivity index (χ3n) is 8.12. The topological polar surface area (TPSA) is 102 Å². The summed E-state index contributed by atoms with van der Waals surface area (Å²) in [7, 11) is 1.59. The molecule has 5 rings (SSSR count). The van der Waals surface area contributed by atoms with Crippen LogP contribution < -0.4 is 24.8 Å². The van der Waals surface area contributed by atoms with E-state index in [1.54, 1.807) is 26.2 Å². The normalized spacial score (nSPS) is 13.2. The molecule has 1 fully saturated rings. The highest BCUT2D eigenvalue weighted by molar-refractivity contribution is 5.98. The van der Waals surface area contributed by atoms with Gasteiger partial charge >= 0.3 is 6.18 Å². The molecule has 1 saturated heterocycles. The van der Waals surface area contributed by atoms with Gasteiger partial charge in [-0.2, -0.15) is 13.2 Å². The van der Waals surface area contributed by atoms with Crippen LogP contribution in [0.15, 0.2) is 72.9 Å². The number of carbonyl (C=O) groups excluding carboxylic acids is 2. The molecule has 0 aliphatic carbocycles. The van der Waals surface area contributed by atoms with Crippen molar-refractivity contribution in [3.05, 3.63) is 101 Å². The number of aromatic nitrogens is 1. The van der Waals surface area contributed by atoms with Crippen molar-refractivity contribution in [2.24, 2.45) is 0 Å². The molecular weight excluding hydrogens is 656 g/mol. The van der Waals surface area contributed by atoms with Gasteiger partial charge in [-0.25, -0.2) is 9.37 Å². The van der Waals surface area contributed by atoms with Crippen LogP contribution in [0.25, 0.3) is 11.1 Å². The molecule has 0 radical (unpaired) electrons. The second-order valence-corrected chi connectivity index (χ2v) is 11.7. The monoisotopic (exact) mass is 694 g/mol. The summed E-state index contributed by atoms with van der Waals surface area (Å²) < 4.78 is 73.2. The van der Waals surface area contributed by atoms with Crippen molar-refractivity contribution in [3.8, 4) is 28.5 Å². The summed E-state index contributed by atoms with van der Waals surface area (Å²) in [6, 6.07) is 15.9. The summed E-state index contributed by atoms with van der Waals surface area (Å²) in [5.74, 6) is -0.710. The Morgan fingerprint density at radius 1 is 0.960 bits per heavy atom. The van der Waals surface area contributed by atoms with Gasteiger partial charge in [0.25, 0.3) is 5.91 Å². The van der Waals surface area contributed by atoms with E-state index in [1.165, 1.54) is 24.4 Å². The van der Waals surface area contributed by atoms with Gasteiger partial charge in [0, 0.05) is 42.2 Å². The second-order valence-electron chi connectivity index (χ2n) is 11.7. The first-order chi connectivity index (χ1) is 24.0. The zero-order valence-corrected chi connectivity index (χ0v) is 27.7. The number of hydrogen-bond acceptors (Lipinski definition) is 7. The predicted molar refractivity (Wildman–Crippen MR) is 180 cm³/mol. The van der Waals surface area contributed by atoms with Crippen LogP contribution in [0.4, 0.5) is 23.2 Å². The number of benzene rings is 3. The van der Waals surface area contributed by atoms with Crippen molar-refractivity contribution < 1.29 is 41.4 Å². The number of methoxy groups -OCH3 is 1. The number of amides is 2. The standard InChI is InChI=1S/C37H38F4N4O5/c1-3-49-33-21-35(50-23-24-6-10-30(48-2)11-7-24)43-22-31(33)25-8-9-26(32(38)18-25)19-34(46)44-29-17-27(16-28(20-29)37(39,40)41)36(47)42-12-15-45-13-4-5-14-45/h6-11,16-18,20-22H,3-5,12-15,19,23H2,1-2H3,(H,42,47)(H,44,46). The molecule has 9 nitrogen and oxygen atoms in total. The highest BCUT2D eigenvalue weighted by atomic mass is 19.4. The van der Waals surface area contributed by atoms with Crippen LogP contribution in [0.1, 0.15) is 46.8 Å². The van der Waals surface area contributed by atoms with Crippen LogP contribution in [0.2, 0.25) is 0 Å². The van der Waals surface area contributed by atoms with E-state index in [1.807, 2.05) is 24.3 Å². The number of carbonyl (C=O) groups is 2. The Labute approximate surface area is 287 Å². The molecule has 0 atom stereocenters. The summed E-state index contributed by atoms with van der Waals surface area (Å²) in [6.45, 7) is 5.08. The van der Waals surface area contributed by atoms with Crippen LogP contribution in [-0.4, -0.2) is 61.6 Å². The van der Waals surface area contributed by atoms with Crippen LogP contribution >= 0.6 is 0 Å². The van der Waals surface area contributed by atoms with Crippen molar-refractivity contribution in [2.45, 2.75) is 39.0 Å². The van der Waals surface area contributed by atoms with Gasteiger partial charge in [0.05, 0.1) is 25.7 Å². The van der Waals surface area contributed by atoms with E-state index in [9.17, 15) is 22.8 Å². The van der Waals surface area contributed by atoms with E-state index in [-0.39, 0.29) is 30.0 Å². The lowest BCUT2D eigenvalue weighted by molar-refractivity contribution is -0.137. The third kappa shape index (κ3) is 9.71. The zero-order chi connectivity index (χ0) is 35.7. The molecule has 1 aliphatic rings. The number of alkyl halides is 3. The smallest absolute Gasteiger partial charge is 0.416 e. The van der Waals surface area contributed by atoms with Crippen LogP contribution in [0, 0.1) is 5.82 Å². The lowest BCUT2D eigenvalue weighted by Gasteiger charge is -2.16. The molecule has 3 aromatic carbocycles. The van der Waals surface area contributed by atoms with Gasteiger partial charge in [-0.1, -0.05) is 24.3 Å². The van der Waals surface area contributed by atoms with Crippen molar-refractivity contribution in [1.82, 2.24) is 15.2 Å². The van der Waals surface area contributed by atoms with E-state index < -0.39 is 35.8 Å². The lowest BCUT2D eigenvalue weighted by atomic mass is 10.0. The van der Waals surface area contributed by atoms with Gasteiger partial charge < -0.3 is 29.7 Å². The van der Waals surface area contributed by atoms with Gasteiger partial charge in [-0.05, 0) is 85.9 Å². The summed E-state index contributed by atoms with van der Waals surface area (Å²) in [5.41, 5.74) is 0.279. The average molecular weight is 695 g/mol. The Kier molecular flexibility index (Phi) is 11.9. The van der Waals surface area contributed by atoms with Crippen molar-refractivity contribution >= 4 is 17.5 Å². The Bertz CT molecular complexity index is 1790. The Morgan fingerprint density at radius 3 is 2.40 bits per heavy atom. The minimum absolute atomic E-state index is 0.0171. The maximum atomic E-state index is 15.3. The molecule has 1 aromatic heterocycles. The first kappa shape index (κ1) is 36.1. The number of anilines is 1. The molecule has 2 heterocycles. The molecule has 1 aliphatic heterocycles. The van der Waals surface area contributed by atoms with E-state index in [4.69, 9.17) is 14.2 Å². The number of ether oxygens (including phenoxy) is 3. The Balaban J connectivity index is 1.25. The summed E-state index contributed by atoms with van der Waals surface area (Å²) in [6.07, 6.45) is -1.58. The maximum Gasteiger partial charge on any atom is 0.416 e. The number of hydrogen-bond donors (Lipinski definition) is 2. The minimum atomic E-state index is -4.76. The third-order valence-corrected chi connectivity index (χ3v) is 8.12. The summed E-state index contributed by atoms with van der Waals surface area (Å²) >= 11 is 0. The minimum Gasteiger partial charge on any atom is -0.497 e. The van der Waals surface area contributed by atoms with Crippen LogP contribution in [0.5, 0.6) is 17.4 Å². The lowest BCUT2D eigenvalue weighted by Crippen LogP contribution is -2.33. The predicted octanol–water partition coefficient (Wildman–Crippen LogP) is 6.90. The van der Waals surface area contributed by atoms with E-state index in [0.29, 0.717) is 35.9 Å². The van der Waals surface area contributed by atoms with Gasteiger partial charge in [0.2, 0.25) is 11.8 Å². The fourth-order valence-corrected chi connectivity index (χ4v) is 5.54. The van der Waals surface area contributed by atoms with Crippen molar-refractivity contribution in [2.75, 3.05) is 45.2 Å². The van der Waals surface area contributed by atoms with Gasteiger partial charge in [-0.15, -0.1) is 0 Å². The molecule has 4 aromatic rings. The first-order valence-corrected chi connectivity index (χ1v) is 16.2. The molecule has 0 spiro atoms. The molecule has 0 unspecified atom stereocenters. The van der Waals surface area contributed by atoms with Crippen LogP contribution in [0.3, 0.4) is 0 Å². The molecule has 264 valence electrons. The number of halogens is 4. The molecule has 50 heavy (non-hydrogen) atoms. The maximum absolute atomic E-state index is 15.3. The fraction of sp³-hybridized carbons (Fsp3) is 0.324. The Morgan fingerprint density at radius 2 is 1.72 bits per heavy atom. The molecule has 0 saturated carbocycles. The molecule has 2 amide bonds. The van der Waals surface area contributed by atoms with Crippen LogP contribution in [-0.2, 0) is 24.0 Å². The first-order valence-electron chi connectivity index (χ1n) is 16.2. The largest absolute Gasteiger partial charge is 0.497 e. The van der Waals surface area contributed by atoms with Crippen molar-refractivity contribution in [1.29, 1.82) is 0 Å². The number of nitrogens with zero attached hydrogens (tertiary/aromatic N) is 2. The average Bonchev–Trinajstić information content (AvgIpc) is 3.62. The number of likely N-dealkylation sites (tertiary alicyclic amines) is 1. The van der Waals surface area contributed by atoms with E-state index in [2.05, 4.69) is 20.5 Å². The zero-order valence-electron chi connectivity index (χ0n) is 27.7. The van der Waals surface area contributed by atoms with Gasteiger partial charge in [0.1, 0.15) is 23.9 Å². The molecule has 13 heteroatoms. The van der Waals surface area contributed by atoms with Gasteiger partial charge in [0.15, 0.2) is 0 Å². The highest BCUT2D eigenvalue weighted by Gasteiger charge is 2.32. The van der Waals surface area contributed by atoms with Crippen molar-refractivity contribution in [3.63, 3.8) is 0 Å². The molecule has 2 N–H and O–H groups in total. The SMILES string of the molecule is CCOc1cc(OCc2ccc(OC)cc2)ncc1-c1ccc(CC(=O)Nc2cc(C(=O)NCCN3CCCC3)cc(C(F)(F)F)c2)c(F)c1. The molecule has 0 bridgehead atoms. The van der Waals surface area contributed by atoms with E-state index >= 15 is 4.39 Å². The van der Waals surface area contributed by atoms with Gasteiger partial charge in [-0.3, -0.25) is 9.59 Å². The fourth-order valence-electron chi connectivity index (χ4n) is 5.54. The second kappa shape index (κ2) is 16.5. The summed E-state index contributed by atoms with van der Waals surface area (Å²) in [4.78, 5) is 32.1. The number of nitrogens with one attached hydrogen (secondary N) is 2. The Hall–Kier alpha value is -5.17. The van der Waals surface area contributed by atoms with E-state index in [0.717, 1.165) is 49.4 Å². The number of rotatable bonds is 14. The highest BCUT2D eigenvalue weighted by Crippen LogP contribution is 2.34. The molecular formula is C37H38F4N4O5.